The fourth-order valence-corrected chi connectivity index (χ4v) is 4.18. The van der Waals surface area contributed by atoms with Gasteiger partial charge in [0.2, 0.25) is 0 Å². The van der Waals surface area contributed by atoms with E-state index in [0.717, 1.165) is 32.4 Å². The van der Waals surface area contributed by atoms with Crippen molar-refractivity contribution < 1.29 is 8.42 Å². The van der Waals surface area contributed by atoms with E-state index >= 15 is 0 Å². The number of sulfonamides is 1. The van der Waals surface area contributed by atoms with Crippen molar-refractivity contribution in [1.29, 1.82) is 0 Å². The average molecular weight is 314 g/mol. The van der Waals surface area contributed by atoms with Crippen LogP contribution in [0.1, 0.15) is 38.9 Å². The summed E-state index contributed by atoms with van der Waals surface area (Å²) in [6.45, 7) is 7.17. The van der Waals surface area contributed by atoms with E-state index in [9.17, 15) is 8.42 Å². The van der Waals surface area contributed by atoms with Crippen molar-refractivity contribution in [2.24, 2.45) is 5.92 Å². The van der Waals surface area contributed by atoms with E-state index in [0.29, 0.717) is 31.3 Å². The van der Waals surface area contributed by atoms with Crippen molar-refractivity contribution in [1.82, 2.24) is 19.6 Å². The second-order valence-corrected chi connectivity index (χ2v) is 7.53. The Morgan fingerprint density at radius 3 is 2.95 bits per heavy atom. The molecule has 1 unspecified atom stereocenters. The Labute approximate surface area is 127 Å². The van der Waals surface area contributed by atoms with Crippen LogP contribution in [-0.4, -0.2) is 48.9 Å². The normalized spacial score (nSPS) is 20.8. The van der Waals surface area contributed by atoms with Gasteiger partial charge in [-0.1, -0.05) is 13.8 Å². The summed E-state index contributed by atoms with van der Waals surface area (Å²) in [5, 5.41) is 3.61. The minimum absolute atomic E-state index is 0.224. The lowest BCUT2D eigenvalue weighted by Crippen LogP contribution is -2.43. The Kier molecular flexibility index (Phi) is 5.78. The number of hydrogen-bond acceptors (Lipinski definition) is 4. The van der Waals surface area contributed by atoms with Crippen LogP contribution < -0.4 is 5.32 Å². The molecule has 1 aliphatic rings. The highest BCUT2D eigenvalue weighted by molar-refractivity contribution is 7.89. The zero-order chi connectivity index (χ0) is 15.3. The highest BCUT2D eigenvalue weighted by Gasteiger charge is 2.31. The SMILES string of the molecule is CCCNCC1CCCN(S(=O)(=O)c2cnc(CC)[nH]2)C1. The molecule has 1 atom stereocenters. The maximum absolute atomic E-state index is 12.6. The third-order valence-electron chi connectivity index (χ3n) is 3.90. The number of aryl methyl sites for hydroxylation is 1. The maximum atomic E-state index is 12.6. The number of imidazole rings is 1. The number of nitrogens with one attached hydrogen (secondary N) is 2. The van der Waals surface area contributed by atoms with Crippen molar-refractivity contribution in [2.45, 2.75) is 44.6 Å². The molecule has 1 fully saturated rings. The van der Waals surface area contributed by atoms with Crippen LogP contribution in [0.4, 0.5) is 0 Å². The Morgan fingerprint density at radius 2 is 2.29 bits per heavy atom. The molecule has 2 N–H and O–H groups in total. The molecule has 1 aromatic heterocycles. The van der Waals surface area contributed by atoms with E-state index in [1.165, 1.54) is 6.20 Å². The first-order valence-electron chi connectivity index (χ1n) is 7.82. The lowest BCUT2D eigenvalue weighted by Gasteiger charge is -2.31. The molecule has 7 heteroatoms. The fraction of sp³-hybridized carbons (Fsp3) is 0.786. The largest absolute Gasteiger partial charge is 0.332 e. The summed E-state index contributed by atoms with van der Waals surface area (Å²) < 4.78 is 26.9. The first-order valence-corrected chi connectivity index (χ1v) is 9.26. The Bertz CT molecular complexity index is 541. The topological polar surface area (TPSA) is 78.1 Å². The molecule has 0 bridgehead atoms. The average Bonchev–Trinajstić information content (AvgIpc) is 2.97. The number of rotatable bonds is 7. The Balaban J connectivity index is 2.02. The molecule has 1 saturated heterocycles. The second-order valence-electron chi connectivity index (χ2n) is 5.62. The number of hydrogen-bond donors (Lipinski definition) is 2. The van der Waals surface area contributed by atoms with Crippen LogP contribution in [-0.2, 0) is 16.4 Å². The molecule has 0 saturated carbocycles. The molecule has 0 aliphatic carbocycles. The van der Waals surface area contributed by atoms with Crippen LogP contribution in [0, 0.1) is 5.92 Å². The van der Waals surface area contributed by atoms with Gasteiger partial charge in [-0.2, -0.15) is 4.31 Å². The van der Waals surface area contributed by atoms with Crippen molar-refractivity contribution in [3.8, 4) is 0 Å². The summed E-state index contributed by atoms with van der Waals surface area (Å²) in [6, 6.07) is 0. The molecule has 2 heterocycles. The van der Waals surface area contributed by atoms with Gasteiger partial charge in [-0.15, -0.1) is 0 Å². The maximum Gasteiger partial charge on any atom is 0.260 e. The van der Waals surface area contributed by atoms with Gasteiger partial charge in [-0.05, 0) is 38.3 Å². The third-order valence-corrected chi connectivity index (χ3v) is 5.67. The minimum Gasteiger partial charge on any atom is -0.332 e. The fourth-order valence-electron chi connectivity index (χ4n) is 2.69. The molecule has 0 aromatic carbocycles. The molecular weight excluding hydrogens is 288 g/mol. The summed E-state index contributed by atoms with van der Waals surface area (Å²) in [6.07, 6.45) is 5.26. The summed E-state index contributed by atoms with van der Waals surface area (Å²) in [4.78, 5) is 7.01. The molecule has 2 rings (SSSR count). The minimum atomic E-state index is -3.43. The zero-order valence-corrected chi connectivity index (χ0v) is 13.7. The highest BCUT2D eigenvalue weighted by Crippen LogP contribution is 2.22. The number of aromatic amines is 1. The van der Waals surface area contributed by atoms with Gasteiger partial charge in [-0.3, -0.25) is 0 Å². The van der Waals surface area contributed by atoms with E-state index in [1.807, 2.05) is 6.92 Å². The Morgan fingerprint density at radius 1 is 1.48 bits per heavy atom. The Hall–Kier alpha value is -0.920. The van der Waals surface area contributed by atoms with Gasteiger partial charge in [0.15, 0.2) is 5.03 Å². The molecule has 6 nitrogen and oxygen atoms in total. The van der Waals surface area contributed by atoms with E-state index in [4.69, 9.17) is 0 Å². The monoisotopic (exact) mass is 314 g/mol. The van der Waals surface area contributed by atoms with Gasteiger partial charge < -0.3 is 10.3 Å². The highest BCUT2D eigenvalue weighted by atomic mass is 32.2. The smallest absolute Gasteiger partial charge is 0.260 e. The molecular formula is C14H26N4O2S. The van der Waals surface area contributed by atoms with E-state index < -0.39 is 10.0 Å². The quantitative estimate of drug-likeness (QED) is 0.745. The van der Waals surface area contributed by atoms with Crippen LogP contribution in [0.15, 0.2) is 11.2 Å². The van der Waals surface area contributed by atoms with Crippen LogP contribution in [0.2, 0.25) is 0 Å². The second kappa shape index (κ2) is 7.38. The van der Waals surface area contributed by atoms with Gasteiger partial charge in [0.25, 0.3) is 10.0 Å². The van der Waals surface area contributed by atoms with E-state index in [1.54, 1.807) is 4.31 Å². The lowest BCUT2D eigenvalue weighted by molar-refractivity contribution is 0.260. The molecule has 0 spiro atoms. The van der Waals surface area contributed by atoms with Gasteiger partial charge in [-0.25, -0.2) is 13.4 Å². The summed E-state index contributed by atoms with van der Waals surface area (Å²) in [7, 11) is -3.43. The summed E-state index contributed by atoms with van der Waals surface area (Å²) >= 11 is 0. The van der Waals surface area contributed by atoms with Crippen LogP contribution in [0.3, 0.4) is 0 Å². The van der Waals surface area contributed by atoms with Crippen molar-refractivity contribution in [2.75, 3.05) is 26.2 Å². The number of aromatic nitrogens is 2. The number of nitrogens with zero attached hydrogens (tertiary/aromatic N) is 2. The van der Waals surface area contributed by atoms with Crippen molar-refractivity contribution >= 4 is 10.0 Å². The van der Waals surface area contributed by atoms with Crippen LogP contribution in [0.25, 0.3) is 0 Å². The number of H-pyrrole nitrogens is 1. The first kappa shape index (κ1) is 16.5. The predicted molar refractivity (Wildman–Crippen MR) is 82.6 cm³/mol. The first-order chi connectivity index (χ1) is 10.1. The number of piperidine rings is 1. The lowest BCUT2D eigenvalue weighted by atomic mass is 10.00. The summed E-state index contributed by atoms with van der Waals surface area (Å²) in [5.41, 5.74) is 0. The standard InChI is InChI=1S/C14H26N4O2S/c1-3-7-15-9-12-6-5-8-18(11-12)21(19,20)14-10-16-13(4-2)17-14/h10,12,15H,3-9,11H2,1-2H3,(H,16,17). The van der Waals surface area contributed by atoms with E-state index in [-0.39, 0.29) is 5.03 Å². The molecule has 0 radical (unpaired) electrons. The molecule has 1 aliphatic heterocycles. The van der Waals surface area contributed by atoms with Crippen molar-refractivity contribution in [3.05, 3.63) is 12.0 Å². The van der Waals surface area contributed by atoms with Gasteiger partial charge >= 0.3 is 0 Å². The molecule has 1 aromatic rings. The van der Waals surface area contributed by atoms with Gasteiger partial charge in [0.05, 0.1) is 6.20 Å². The van der Waals surface area contributed by atoms with E-state index in [2.05, 4.69) is 22.2 Å². The molecule has 21 heavy (non-hydrogen) atoms. The zero-order valence-electron chi connectivity index (χ0n) is 12.9. The van der Waals surface area contributed by atoms with Gasteiger partial charge in [0.1, 0.15) is 5.82 Å². The molecule has 120 valence electrons. The van der Waals surface area contributed by atoms with Crippen molar-refractivity contribution in [3.63, 3.8) is 0 Å². The summed E-state index contributed by atoms with van der Waals surface area (Å²) in [5.74, 6) is 1.11. The predicted octanol–water partition coefficient (Wildman–Crippen LogP) is 1.37. The van der Waals surface area contributed by atoms with Gasteiger partial charge in [0, 0.05) is 19.5 Å². The van der Waals surface area contributed by atoms with Crippen LogP contribution >= 0.6 is 0 Å². The van der Waals surface area contributed by atoms with Crippen LogP contribution in [0.5, 0.6) is 0 Å². The molecule has 0 amide bonds. The third kappa shape index (κ3) is 4.05.